The highest BCUT2D eigenvalue weighted by Crippen LogP contribution is 2.29. The van der Waals surface area contributed by atoms with E-state index in [-0.39, 0.29) is 5.82 Å². The van der Waals surface area contributed by atoms with Gasteiger partial charge >= 0.3 is 0 Å². The van der Waals surface area contributed by atoms with Gasteiger partial charge in [0, 0.05) is 11.3 Å². The molecule has 3 rings (SSSR count). The minimum absolute atomic E-state index is 0.222. The zero-order chi connectivity index (χ0) is 13.2. The van der Waals surface area contributed by atoms with Crippen LogP contribution in [0, 0.1) is 5.82 Å². The zero-order valence-electron chi connectivity index (χ0n) is 9.93. The zero-order valence-corrected chi connectivity index (χ0v) is 10.7. The Bertz CT molecular complexity index is 708. The van der Waals surface area contributed by atoms with Gasteiger partial charge in [0.25, 0.3) is 0 Å². The Labute approximate surface area is 113 Å². The fourth-order valence-corrected chi connectivity index (χ4v) is 2.94. The number of aromatic nitrogens is 2. The molecule has 0 saturated carbocycles. The molecule has 1 aromatic carbocycles. The van der Waals surface area contributed by atoms with Gasteiger partial charge in [-0.05, 0) is 23.8 Å². The maximum Gasteiger partial charge on any atom is 0.152 e. The number of nitrogens with zero attached hydrogens (tertiary/aromatic N) is 2. The summed E-state index contributed by atoms with van der Waals surface area (Å²) in [4.78, 5) is 10.3. The number of nitrogens with two attached hydrogens (primary N) is 1. The van der Waals surface area contributed by atoms with Gasteiger partial charge < -0.3 is 5.43 Å². The molecule has 2 aromatic heterocycles. The van der Waals surface area contributed by atoms with E-state index in [0.29, 0.717) is 5.82 Å². The molecule has 6 heteroatoms. The lowest BCUT2D eigenvalue weighted by Gasteiger charge is -1.98. The van der Waals surface area contributed by atoms with E-state index in [9.17, 15) is 4.39 Å². The van der Waals surface area contributed by atoms with E-state index in [4.69, 9.17) is 5.84 Å². The molecule has 3 aromatic rings. The Kier molecular flexibility index (Phi) is 3.10. The molecule has 0 saturated heterocycles. The van der Waals surface area contributed by atoms with Crippen LogP contribution < -0.4 is 11.3 Å². The first-order valence-electron chi connectivity index (χ1n) is 5.71. The third kappa shape index (κ3) is 2.40. The number of hydrazine groups is 1. The Morgan fingerprint density at radius 1 is 1.21 bits per heavy atom. The molecule has 0 spiro atoms. The molecule has 19 heavy (non-hydrogen) atoms. The predicted molar refractivity (Wildman–Crippen MR) is 74.4 cm³/mol. The SMILES string of the molecule is NNc1ncnc2sc(Cc3ccc(F)cc3)cc12. The van der Waals surface area contributed by atoms with Crippen LogP contribution in [0.1, 0.15) is 10.4 Å². The largest absolute Gasteiger partial charge is 0.308 e. The first-order valence-corrected chi connectivity index (χ1v) is 6.52. The Morgan fingerprint density at radius 2 is 2.00 bits per heavy atom. The minimum atomic E-state index is -0.222. The van der Waals surface area contributed by atoms with Crippen LogP contribution >= 0.6 is 11.3 Å². The molecule has 0 bridgehead atoms. The molecular formula is C13H11FN4S. The van der Waals surface area contributed by atoms with Crippen LogP contribution in [0.4, 0.5) is 10.2 Å². The number of thiophene rings is 1. The van der Waals surface area contributed by atoms with Gasteiger partial charge in [0.2, 0.25) is 0 Å². The first-order chi connectivity index (χ1) is 9.26. The molecule has 3 N–H and O–H groups in total. The Morgan fingerprint density at radius 3 is 2.74 bits per heavy atom. The van der Waals surface area contributed by atoms with Crippen molar-refractivity contribution in [3.05, 3.63) is 52.9 Å². The van der Waals surface area contributed by atoms with Crippen LogP contribution in [0.25, 0.3) is 10.2 Å². The normalized spacial score (nSPS) is 10.8. The van der Waals surface area contributed by atoms with Crippen LogP contribution in [-0.2, 0) is 6.42 Å². The second-order valence-electron chi connectivity index (χ2n) is 4.10. The third-order valence-electron chi connectivity index (χ3n) is 2.81. The summed E-state index contributed by atoms with van der Waals surface area (Å²) in [5.41, 5.74) is 3.62. The summed E-state index contributed by atoms with van der Waals surface area (Å²) in [5, 5.41) is 0.909. The van der Waals surface area contributed by atoms with Crippen molar-refractivity contribution in [3.63, 3.8) is 0 Å². The number of hydrogen-bond donors (Lipinski definition) is 2. The van der Waals surface area contributed by atoms with Gasteiger partial charge in [0.1, 0.15) is 17.0 Å². The van der Waals surface area contributed by atoms with Crippen molar-refractivity contribution in [2.45, 2.75) is 6.42 Å². The minimum Gasteiger partial charge on any atom is -0.308 e. The van der Waals surface area contributed by atoms with Crippen molar-refractivity contribution in [2.24, 2.45) is 5.84 Å². The molecule has 0 aliphatic heterocycles. The molecule has 0 aliphatic carbocycles. The van der Waals surface area contributed by atoms with E-state index < -0.39 is 0 Å². The molecule has 0 radical (unpaired) electrons. The van der Waals surface area contributed by atoms with Crippen LogP contribution in [0.15, 0.2) is 36.7 Å². The van der Waals surface area contributed by atoms with Gasteiger partial charge in [0.15, 0.2) is 5.82 Å². The Balaban J connectivity index is 1.95. The van der Waals surface area contributed by atoms with Crippen LogP contribution in [0.2, 0.25) is 0 Å². The van der Waals surface area contributed by atoms with Crippen molar-refractivity contribution in [1.82, 2.24) is 9.97 Å². The van der Waals surface area contributed by atoms with Gasteiger partial charge in [-0.2, -0.15) is 0 Å². The van der Waals surface area contributed by atoms with Crippen LogP contribution in [0.5, 0.6) is 0 Å². The van der Waals surface area contributed by atoms with E-state index in [1.807, 2.05) is 6.07 Å². The highest BCUT2D eigenvalue weighted by atomic mass is 32.1. The number of benzene rings is 1. The summed E-state index contributed by atoms with van der Waals surface area (Å²) < 4.78 is 12.9. The molecule has 0 unspecified atom stereocenters. The molecule has 0 atom stereocenters. The molecule has 0 fully saturated rings. The van der Waals surface area contributed by atoms with Gasteiger partial charge in [-0.3, -0.25) is 0 Å². The van der Waals surface area contributed by atoms with Crippen molar-refractivity contribution in [2.75, 3.05) is 5.43 Å². The average molecular weight is 274 g/mol. The van der Waals surface area contributed by atoms with Gasteiger partial charge in [-0.15, -0.1) is 11.3 Å². The number of rotatable bonds is 3. The molecular weight excluding hydrogens is 263 g/mol. The van der Waals surface area contributed by atoms with Crippen molar-refractivity contribution >= 4 is 27.4 Å². The second-order valence-corrected chi connectivity index (χ2v) is 5.22. The van der Waals surface area contributed by atoms with Crippen LogP contribution in [-0.4, -0.2) is 9.97 Å². The van der Waals surface area contributed by atoms with E-state index in [0.717, 1.165) is 27.1 Å². The lowest BCUT2D eigenvalue weighted by Crippen LogP contribution is -2.08. The summed E-state index contributed by atoms with van der Waals surface area (Å²) >= 11 is 1.59. The third-order valence-corrected chi connectivity index (χ3v) is 3.85. The number of anilines is 1. The standard InChI is InChI=1S/C13H11FN4S/c14-9-3-1-8(2-4-9)5-10-6-11-12(18-15)16-7-17-13(11)19-10/h1-4,6-7H,5,15H2,(H,16,17,18). The van der Waals surface area contributed by atoms with E-state index in [2.05, 4.69) is 15.4 Å². The fraction of sp³-hybridized carbons (Fsp3) is 0.0769. The summed E-state index contributed by atoms with van der Waals surface area (Å²) in [6, 6.07) is 8.52. The van der Waals surface area contributed by atoms with E-state index in [1.165, 1.54) is 18.5 Å². The molecule has 2 heterocycles. The summed E-state index contributed by atoms with van der Waals surface area (Å²) in [5.74, 6) is 5.81. The van der Waals surface area contributed by atoms with Crippen molar-refractivity contribution in [1.29, 1.82) is 0 Å². The summed E-state index contributed by atoms with van der Waals surface area (Å²) in [6.07, 6.45) is 2.22. The monoisotopic (exact) mass is 274 g/mol. The number of halogens is 1. The molecule has 0 aliphatic rings. The molecule has 0 amide bonds. The van der Waals surface area contributed by atoms with E-state index >= 15 is 0 Å². The van der Waals surface area contributed by atoms with Gasteiger partial charge in [-0.25, -0.2) is 20.2 Å². The summed E-state index contributed by atoms with van der Waals surface area (Å²) in [6.45, 7) is 0. The smallest absolute Gasteiger partial charge is 0.152 e. The van der Waals surface area contributed by atoms with Crippen molar-refractivity contribution in [3.8, 4) is 0 Å². The van der Waals surface area contributed by atoms with Gasteiger partial charge in [-0.1, -0.05) is 12.1 Å². The predicted octanol–water partition coefficient (Wildman–Crippen LogP) is 2.71. The fourth-order valence-electron chi connectivity index (χ4n) is 1.91. The number of fused-ring (bicyclic) bond motifs is 1. The summed E-state index contributed by atoms with van der Waals surface area (Å²) in [7, 11) is 0. The van der Waals surface area contributed by atoms with Crippen molar-refractivity contribution < 1.29 is 4.39 Å². The van der Waals surface area contributed by atoms with E-state index in [1.54, 1.807) is 23.5 Å². The lowest BCUT2D eigenvalue weighted by atomic mass is 10.1. The maximum atomic E-state index is 12.9. The highest BCUT2D eigenvalue weighted by molar-refractivity contribution is 7.18. The molecule has 4 nitrogen and oxygen atoms in total. The average Bonchev–Trinajstić information content (AvgIpc) is 2.83. The number of nitrogens with one attached hydrogen (secondary N) is 1. The lowest BCUT2D eigenvalue weighted by molar-refractivity contribution is 0.627. The Hall–Kier alpha value is -2.05. The number of nitrogen functional groups attached to an aromatic ring is 1. The first kappa shape index (κ1) is 12.0. The quantitative estimate of drug-likeness (QED) is 0.569. The number of hydrogen-bond acceptors (Lipinski definition) is 5. The second kappa shape index (κ2) is 4.91. The van der Waals surface area contributed by atoms with Crippen LogP contribution in [0.3, 0.4) is 0 Å². The highest BCUT2D eigenvalue weighted by Gasteiger charge is 2.08. The molecule has 96 valence electrons. The maximum absolute atomic E-state index is 12.9. The topological polar surface area (TPSA) is 63.8 Å². The van der Waals surface area contributed by atoms with Gasteiger partial charge in [0.05, 0.1) is 5.39 Å².